The first-order chi connectivity index (χ1) is 12.8. The number of quaternary nitrogens is 1. The smallest absolute Gasteiger partial charge is 0.251 e. The number of furan rings is 1. The van der Waals surface area contributed by atoms with Crippen LogP contribution in [-0.2, 0) is 19.6 Å². The Balaban J connectivity index is 1.94. The second-order valence-corrected chi connectivity index (χ2v) is 7.47. The van der Waals surface area contributed by atoms with Crippen LogP contribution in [0.3, 0.4) is 0 Å². The van der Waals surface area contributed by atoms with Gasteiger partial charge in [-0.25, -0.2) is 0 Å². The van der Waals surface area contributed by atoms with Crippen molar-refractivity contribution in [1.82, 2.24) is 4.57 Å². The first-order valence-corrected chi connectivity index (χ1v) is 9.55. The van der Waals surface area contributed by atoms with Crippen molar-refractivity contribution in [3.63, 3.8) is 0 Å². The van der Waals surface area contributed by atoms with Crippen LogP contribution in [-0.4, -0.2) is 17.5 Å². The molecule has 1 aromatic carbocycles. The van der Waals surface area contributed by atoms with Gasteiger partial charge in [-0.1, -0.05) is 37.3 Å². The molecule has 27 heavy (non-hydrogen) atoms. The number of rotatable bonds is 6. The number of nitrogens with one attached hydrogen (secondary N) is 1. The third-order valence-corrected chi connectivity index (χ3v) is 5.39. The highest BCUT2D eigenvalue weighted by molar-refractivity contribution is 7.71. The summed E-state index contributed by atoms with van der Waals surface area (Å²) in [6, 6.07) is 10.1. The quantitative estimate of drug-likeness (QED) is 0.642. The van der Waals surface area contributed by atoms with Crippen molar-refractivity contribution in [3.8, 4) is 0 Å². The number of nitrogens with zero attached hydrogens (tertiary/aromatic N) is 1. The topological polar surface area (TPSA) is 65.6 Å². The molecule has 0 fully saturated rings. The molecule has 0 saturated carbocycles. The first kappa shape index (κ1) is 19.3. The number of aromatic nitrogens is 1. The first-order valence-electron chi connectivity index (χ1n) is 9.14. The number of fused-ring (bicyclic) bond motifs is 1. The molecule has 2 heterocycles. The number of benzene rings is 1. The fourth-order valence-corrected chi connectivity index (χ4v) is 4.15. The predicted molar refractivity (Wildman–Crippen MR) is 109 cm³/mol. The van der Waals surface area contributed by atoms with Crippen LogP contribution < -0.4 is 10.6 Å². The zero-order valence-electron chi connectivity index (χ0n) is 16.3. The fraction of sp³-hybridized carbons (Fsp3) is 0.333. The maximum Gasteiger partial charge on any atom is 0.251 e. The molecule has 0 radical (unpaired) electrons. The Morgan fingerprint density at radius 3 is 2.67 bits per heavy atom. The van der Waals surface area contributed by atoms with E-state index in [1.165, 1.54) is 10.5 Å². The highest BCUT2D eigenvalue weighted by atomic mass is 32.1. The number of hydrogen-bond acceptors (Lipinski definition) is 3. The van der Waals surface area contributed by atoms with Crippen LogP contribution >= 0.6 is 12.2 Å². The maximum absolute atomic E-state index is 11.8. The van der Waals surface area contributed by atoms with E-state index in [9.17, 15) is 4.79 Å². The summed E-state index contributed by atoms with van der Waals surface area (Å²) in [7, 11) is 2.12. The van der Waals surface area contributed by atoms with Gasteiger partial charge in [0.25, 0.3) is 5.91 Å². The second-order valence-electron chi connectivity index (χ2n) is 7.09. The van der Waals surface area contributed by atoms with Crippen LogP contribution in [0, 0.1) is 18.5 Å². The van der Waals surface area contributed by atoms with E-state index in [0.29, 0.717) is 16.9 Å². The molecular weight excluding hydrogens is 358 g/mol. The number of hydrogen-bond donors (Lipinski definition) is 2. The van der Waals surface area contributed by atoms with Crippen LogP contribution in [0.15, 0.2) is 34.7 Å². The standard InChI is InChI=1S/C21H25N3O2S/c1-5-17-16(15-8-6-7-9-18(15)26-17)11-23(4)12-24-14(3)10-13(2)19(20(22)25)21(24)27/h6-10H,5,11-12H2,1-4H3,(H2,22,25)/p+1. The van der Waals surface area contributed by atoms with Gasteiger partial charge in [-0.15, -0.1) is 0 Å². The van der Waals surface area contributed by atoms with Crippen LogP contribution in [0.1, 0.15) is 39.9 Å². The Morgan fingerprint density at radius 1 is 1.30 bits per heavy atom. The molecule has 1 atom stereocenters. The zero-order valence-corrected chi connectivity index (χ0v) is 17.1. The molecule has 142 valence electrons. The summed E-state index contributed by atoms with van der Waals surface area (Å²) >= 11 is 5.57. The third kappa shape index (κ3) is 3.68. The summed E-state index contributed by atoms with van der Waals surface area (Å²) in [5.41, 5.74) is 9.98. The predicted octanol–water partition coefficient (Wildman–Crippen LogP) is 2.91. The van der Waals surface area contributed by atoms with Gasteiger partial charge in [0, 0.05) is 17.5 Å². The second kappa shape index (κ2) is 7.66. The molecule has 5 nitrogen and oxygen atoms in total. The Bertz CT molecular complexity index is 1070. The zero-order chi connectivity index (χ0) is 19.7. The molecule has 3 aromatic rings. The molecular formula is C21H26N3O2S+. The summed E-state index contributed by atoms with van der Waals surface area (Å²) in [5.74, 6) is 0.551. The van der Waals surface area contributed by atoms with Gasteiger partial charge in [-0.2, -0.15) is 0 Å². The molecule has 0 spiro atoms. The minimum atomic E-state index is -0.474. The largest absolute Gasteiger partial charge is 0.461 e. The maximum atomic E-state index is 11.8. The Kier molecular flexibility index (Phi) is 5.48. The van der Waals surface area contributed by atoms with Gasteiger partial charge in [0.2, 0.25) is 0 Å². The lowest BCUT2D eigenvalue weighted by Crippen LogP contribution is -3.07. The Hall–Kier alpha value is -2.44. The van der Waals surface area contributed by atoms with Gasteiger partial charge in [0.05, 0.1) is 18.2 Å². The monoisotopic (exact) mass is 384 g/mol. The highest BCUT2D eigenvalue weighted by Crippen LogP contribution is 2.25. The Morgan fingerprint density at radius 2 is 2.00 bits per heavy atom. The van der Waals surface area contributed by atoms with Crippen molar-refractivity contribution in [3.05, 3.63) is 63.1 Å². The van der Waals surface area contributed by atoms with E-state index >= 15 is 0 Å². The van der Waals surface area contributed by atoms with E-state index < -0.39 is 5.91 Å². The lowest BCUT2D eigenvalue weighted by Gasteiger charge is -2.20. The molecule has 1 amide bonds. The molecule has 0 bridgehead atoms. The SMILES string of the molecule is CCc1oc2ccccc2c1C[NH+](C)Cn1c(C)cc(C)c(C(N)=O)c1=S. The molecule has 3 N–H and O–H groups in total. The lowest BCUT2D eigenvalue weighted by molar-refractivity contribution is -0.917. The van der Waals surface area contributed by atoms with Crippen molar-refractivity contribution >= 4 is 29.1 Å². The van der Waals surface area contributed by atoms with Gasteiger partial charge in [0.1, 0.15) is 22.5 Å². The van der Waals surface area contributed by atoms with E-state index in [0.717, 1.165) is 41.0 Å². The van der Waals surface area contributed by atoms with Crippen LogP contribution in [0.5, 0.6) is 0 Å². The van der Waals surface area contributed by atoms with Gasteiger partial charge >= 0.3 is 0 Å². The van der Waals surface area contributed by atoms with Crippen LogP contribution in [0.2, 0.25) is 0 Å². The number of carbonyl (C=O) groups is 1. The van der Waals surface area contributed by atoms with Crippen molar-refractivity contribution in [1.29, 1.82) is 0 Å². The lowest BCUT2D eigenvalue weighted by atomic mass is 10.1. The average Bonchev–Trinajstić information content (AvgIpc) is 2.96. The van der Waals surface area contributed by atoms with Crippen molar-refractivity contribution < 1.29 is 14.1 Å². The number of nitrogens with two attached hydrogens (primary N) is 1. The van der Waals surface area contributed by atoms with Crippen LogP contribution in [0.25, 0.3) is 11.0 Å². The molecule has 2 aromatic heterocycles. The van der Waals surface area contributed by atoms with Gasteiger partial charge in [0.15, 0.2) is 6.67 Å². The number of pyridine rings is 1. The molecule has 0 saturated heterocycles. The van der Waals surface area contributed by atoms with Gasteiger partial charge < -0.3 is 15.1 Å². The van der Waals surface area contributed by atoms with E-state index in [-0.39, 0.29) is 0 Å². The average molecular weight is 385 g/mol. The van der Waals surface area contributed by atoms with E-state index in [4.69, 9.17) is 22.4 Å². The van der Waals surface area contributed by atoms with Gasteiger partial charge in [-0.3, -0.25) is 9.36 Å². The van der Waals surface area contributed by atoms with Crippen molar-refractivity contribution in [2.75, 3.05) is 7.05 Å². The van der Waals surface area contributed by atoms with E-state index in [2.05, 4.69) is 20.0 Å². The third-order valence-electron chi connectivity index (χ3n) is 4.96. The molecule has 3 rings (SSSR count). The Labute approximate surface area is 164 Å². The molecule has 0 aliphatic carbocycles. The summed E-state index contributed by atoms with van der Waals surface area (Å²) < 4.78 is 8.51. The van der Waals surface area contributed by atoms with E-state index in [1.807, 2.05) is 42.7 Å². The number of aryl methyl sites for hydroxylation is 3. The molecule has 6 heteroatoms. The molecule has 0 aliphatic heterocycles. The minimum Gasteiger partial charge on any atom is -0.461 e. The number of carbonyl (C=O) groups excluding carboxylic acids is 1. The summed E-state index contributed by atoms with van der Waals surface area (Å²) in [4.78, 5) is 13.0. The van der Waals surface area contributed by atoms with E-state index in [1.54, 1.807) is 0 Å². The van der Waals surface area contributed by atoms with Crippen molar-refractivity contribution in [2.45, 2.75) is 40.4 Å². The summed E-state index contributed by atoms with van der Waals surface area (Å²) in [6.07, 6.45) is 0.853. The number of amides is 1. The minimum absolute atomic E-state index is 0.436. The summed E-state index contributed by atoms with van der Waals surface area (Å²) in [6.45, 7) is 7.44. The normalized spacial score (nSPS) is 12.4. The van der Waals surface area contributed by atoms with Crippen molar-refractivity contribution in [2.24, 2.45) is 5.73 Å². The summed E-state index contributed by atoms with van der Waals surface area (Å²) in [5, 5.41) is 1.16. The van der Waals surface area contributed by atoms with Gasteiger partial charge in [-0.05, 0) is 31.5 Å². The van der Waals surface area contributed by atoms with Crippen LogP contribution in [0.4, 0.5) is 0 Å². The highest BCUT2D eigenvalue weighted by Gasteiger charge is 2.18. The molecule has 0 aliphatic rings. The number of para-hydroxylation sites is 1. The number of primary amides is 1. The fourth-order valence-electron chi connectivity index (χ4n) is 3.68. The molecule has 1 unspecified atom stereocenters.